The van der Waals surface area contributed by atoms with Crippen molar-refractivity contribution in [2.75, 3.05) is 19.4 Å². The molecule has 0 bridgehead atoms. The van der Waals surface area contributed by atoms with Crippen LogP contribution in [0.5, 0.6) is 0 Å². The molecule has 0 aliphatic carbocycles. The van der Waals surface area contributed by atoms with Gasteiger partial charge in [-0.25, -0.2) is 0 Å². The van der Waals surface area contributed by atoms with Gasteiger partial charge < -0.3 is 9.05 Å². The summed E-state index contributed by atoms with van der Waals surface area (Å²) in [5, 5.41) is 9.15. The molecule has 0 aromatic heterocycles. The molecule has 5 nitrogen and oxygen atoms in total. The molecular weight excluding hydrogens is 277 g/mol. The van der Waals surface area contributed by atoms with Gasteiger partial charge >= 0.3 is 7.60 Å². The zero-order valence-corrected chi connectivity index (χ0v) is 12.5. The summed E-state index contributed by atoms with van der Waals surface area (Å²) < 4.78 is 22.6. The van der Waals surface area contributed by atoms with Gasteiger partial charge in [0, 0.05) is 5.56 Å². The quantitative estimate of drug-likeness (QED) is 0.543. The van der Waals surface area contributed by atoms with Gasteiger partial charge in [0.2, 0.25) is 0 Å². The Morgan fingerprint density at radius 1 is 1.25 bits per heavy atom. The number of rotatable bonds is 8. The van der Waals surface area contributed by atoms with Crippen LogP contribution in [0.15, 0.2) is 30.3 Å². The molecule has 0 saturated heterocycles. The van der Waals surface area contributed by atoms with Gasteiger partial charge in [-0.05, 0) is 13.8 Å². The highest BCUT2D eigenvalue weighted by Crippen LogP contribution is 2.49. The fourth-order valence-corrected chi connectivity index (χ4v) is 3.51. The van der Waals surface area contributed by atoms with Crippen LogP contribution in [0.2, 0.25) is 0 Å². The lowest BCUT2D eigenvalue weighted by atomic mass is 10.0. The van der Waals surface area contributed by atoms with Crippen LogP contribution in [0.4, 0.5) is 0 Å². The van der Waals surface area contributed by atoms with E-state index in [2.05, 4.69) is 0 Å². The predicted molar refractivity (Wildman–Crippen MR) is 75.6 cm³/mol. The molecule has 0 aliphatic rings. The van der Waals surface area contributed by atoms with Gasteiger partial charge in [0.05, 0.1) is 25.4 Å². The number of nitriles is 1. The molecule has 108 valence electrons. The Hall–Kier alpha value is -1.47. The Balaban J connectivity index is 2.89. The molecule has 1 unspecified atom stereocenters. The summed E-state index contributed by atoms with van der Waals surface area (Å²) in [4.78, 5) is 12.2. The van der Waals surface area contributed by atoms with Gasteiger partial charge in [-0.1, -0.05) is 30.3 Å². The third-order valence-electron chi connectivity index (χ3n) is 2.59. The molecule has 0 amide bonds. The average Bonchev–Trinajstić information content (AvgIpc) is 2.45. The molecule has 6 heteroatoms. The van der Waals surface area contributed by atoms with Crippen molar-refractivity contribution in [3.63, 3.8) is 0 Å². The number of hydrogen-bond donors (Lipinski definition) is 0. The summed E-state index contributed by atoms with van der Waals surface area (Å²) in [7, 11) is -3.41. The van der Waals surface area contributed by atoms with Crippen molar-refractivity contribution in [2.24, 2.45) is 5.92 Å². The summed E-state index contributed by atoms with van der Waals surface area (Å²) in [6.07, 6.45) is -0.223. The van der Waals surface area contributed by atoms with Crippen molar-refractivity contribution >= 4 is 13.4 Å². The number of carbonyl (C=O) groups is 1. The van der Waals surface area contributed by atoms with E-state index in [1.54, 1.807) is 44.2 Å². The van der Waals surface area contributed by atoms with E-state index in [-0.39, 0.29) is 25.2 Å². The second-order valence-electron chi connectivity index (χ2n) is 4.04. The van der Waals surface area contributed by atoms with Gasteiger partial charge in [-0.15, -0.1) is 0 Å². The van der Waals surface area contributed by atoms with E-state index in [1.807, 2.05) is 6.07 Å². The molecule has 1 rings (SSSR count). The van der Waals surface area contributed by atoms with E-state index in [9.17, 15) is 9.36 Å². The highest BCUT2D eigenvalue weighted by molar-refractivity contribution is 7.53. The van der Waals surface area contributed by atoms with E-state index in [0.717, 1.165) is 0 Å². The number of ketones is 1. The first kappa shape index (κ1) is 16.6. The number of nitrogens with zero attached hydrogens (tertiary/aromatic N) is 1. The second-order valence-corrected chi connectivity index (χ2v) is 6.14. The molecule has 1 aromatic rings. The van der Waals surface area contributed by atoms with Crippen molar-refractivity contribution in [2.45, 2.75) is 13.8 Å². The van der Waals surface area contributed by atoms with Crippen LogP contribution in [0.25, 0.3) is 0 Å². The van der Waals surface area contributed by atoms with Crippen molar-refractivity contribution < 1.29 is 18.4 Å². The van der Waals surface area contributed by atoms with Crippen LogP contribution < -0.4 is 0 Å². The van der Waals surface area contributed by atoms with E-state index in [0.29, 0.717) is 5.56 Å². The molecule has 0 aliphatic heterocycles. The zero-order chi connectivity index (χ0) is 15.0. The molecule has 0 spiro atoms. The molecular formula is C14H18NO4P. The van der Waals surface area contributed by atoms with E-state index < -0.39 is 13.5 Å². The summed E-state index contributed by atoms with van der Waals surface area (Å²) in [5.74, 6) is -1.41. The zero-order valence-electron chi connectivity index (χ0n) is 11.6. The Morgan fingerprint density at radius 2 is 1.80 bits per heavy atom. The molecule has 1 aromatic carbocycles. The fourth-order valence-electron chi connectivity index (χ4n) is 1.75. The minimum absolute atomic E-state index is 0.203. The SMILES string of the molecule is CCOP(=O)(CC(C#N)C(=O)c1ccccc1)OCC. The minimum atomic E-state index is -3.41. The topological polar surface area (TPSA) is 76.4 Å². The number of Topliss-reactive ketones (excluding diaryl/α,β-unsaturated/α-hetero) is 1. The van der Waals surface area contributed by atoms with E-state index in [4.69, 9.17) is 14.3 Å². The van der Waals surface area contributed by atoms with Crippen LogP contribution in [-0.2, 0) is 13.6 Å². The lowest BCUT2D eigenvalue weighted by Gasteiger charge is -2.18. The maximum atomic E-state index is 12.4. The molecule has 0 fully saturated rings. The molecule has 1 atom stereocenters. The summed E-state index contributed by atoms with van der Waals surface area (Å²) in [5.41, 5.74) is 0.415. The predicted octanol–water partition coefficient (Wildman–Crippen LogP) is 3.28. The fraction of sp³-hybridized carbons (Fsp3) is 0.429. The summed E-state index contributed by atoms with van der Waals surface area (Å²) in [6, 6.07) is 10.3. The minimum Gasteiger partial charge on any atom is -0.309 e. The molecule has 0 heterocycles. The molecule has 0 radical (unpaired) electrons. The molecule has 20 heavy (non-hydrogen) atoms. The van der Waals surface area contributed by atoms with E-state index in [1.165, 1.54) is 0 Å². The first-order valence-corrected chi connectivity index (χ1v) is 8.16. The van der Waals surface area contributed by atoms with Crippen molar-refractivity contribution in [1.29, 1.82) is 5.26 Å². The first-order valence-electron chi connectivity index (χ1n) is 6.43. The van der Waals surface area contributed by atoms with Gasteiger partial charge in [-0.3, -0.25) is 9.36 Å². The van der Waals surface area contributed by atoms with Crippen LogP contribution in [0.3, 0.4) is 0 Å². The Morgan fingerprint density at radius 3 is 2.25 bits per heavy atom. The smallest absolute Gasteiger partial charge is 0.309 e. The van der Waals surface area contributed by atoms with E-state index >= 15 is 0 Å². The number of benzene rings is 1. The van der Waals surface area contributed by atoms with Crippen molar-refractivity contribution in [1.82, 2.24) is 0 Å². The van der Waals surface area contributed by atoms with Crippen molar-refractivity contribution in [3.8, 4) is 6.07 Å². The molecule has 0 saturated carbocycles. The van der Waals surface area contributed by atoms with Crippen LogP contribution in [-0.4, -0.2) is 25.2 Å². The second kappa shape index (κ2) is 7.96. The van der Waals surface area contributed by atoms with Crippen LogP contribution in [0.1, 0.15) is 24.2 Å². The van der Waals surface area contributed by atoms with Gasteiger partial charge in [0.25, 0.3) is 0 Å². The highest BCUT2D eigenvalue weighted by atomic mass is 31.2. The Kier molecular flexibility index (Phi) is 6.60. The lowest BCUT2D eigenvalue weighted by molar-refractivity contribution is 0.0951. The maximum Gasteiger partial charge on any atom is 0.332 e. The maximum absolute atomic E-state index is 12.4. The van der Waals surface area contributed by atoms with Crippen molar-refractivity contribution in [3.05, 3.63) is 35.9 Å². The van der Waals surface area contributed by atoms with Gasteiger partial charge in [0.15, 0.2) is 5.78 Å². The summed E-state index contributed by atoms with van der Waals surface area (Å²) in [6.45, 7) is 3.78. The van der Waals surface area contributed by atoms with Gasteiger partial charge in [0.1, 0.15) is 5.92 Å². The number of carbonyl (C=O) groups excluding carboxylic acids is 1. The largest absolute Gasteiger partial charge is 0.332 e. The third kappa shape index (κ3) is 4.57. The number of hydrogen-bond acceptors (Lipinski definition) is 5. The standard InChI is InChI=1S/C14H18NO4P/c1-3-18-20(17,19-4-2)11-13(10-15)14(16)12-8-6-5-7-9-12/h5-9,13H,3-4,11H2,1-2H3. The normalized spacial score (nSPS) is 12.7. The Labute approximate surface area is 119 Å². The third-order valence-corrected chi connectivity index (χ3v) is 4.70. The first-order chi connectivity index (χ1) is 9.56. The van der Waals surface area contributed by atoms with Gasteiger partial charge in [-0.2, -0.15) is 5.26 Å². The summed E-state index contributed by atoms with van der Waals surface area (Å²) >= 11 is 0. The average molecular weight is 295 g/mol. The monoisotopic (exact) mass is 295 g/mol. The van der Waals surface area contributed by atoms with Crippen LogP contribution >= 0.6 is 7.60 Å². The molecule has 0 N–H and O–H groups in total. The Bertz CT molecular complexity index is 514. The highest BCUT2D eigenvalue weighted by Gasteiger charge is 2.32. The lowest BCUT2D eigenvalue weighted by Crippen LogP contribution is -2.19. The van der Waals surface area contributed by atoms with Crippen LogP contribution in [0, 0.1) is 17.2 Å².